The summed E-state index contributed by atoms with van der Waals surface area (Å²) >= 11 is 0. The normalized spacial score (nSPS) is 13.2. The Hall–Kier alpha value is -0.980. The van der Waals surface area contributed by atoms with Gasteiger partial charge in [-0.15, -0.1) is 0 Å². The molecule has 1 atom stereocenters. The maximum absolute atomic E-state index is 9.18. The second kappa shape index (κ2) is 7.37. The summed E-state index contributed by atoms with van der Waals surface area (Å²) < 4.78 is 10.1. The summed E-state index contributed by atoms with van der Waals surface area (Å²) in [5.74, 6) is 1.27. The van der Waals surface area contributed by atoms with Gasteiger partial charge < -0.3 is 14.4 Å². The second-order valence-corrected chi connectivity index (χ2v) is 4.22. The molecule has 0 fully saturated rings. The lowest BCUT2D eigenvalue weighted by Gasteiger charge is -2.14. The minimum Gasteiger partial charge on any atom is -0.393 e. The molecule has 6 heteroatoms. The highest BCUT2D eigenvalue weighted by molar-refractivity contribution is 4.86. The van der Waals surface area contributed by atoms with Gasteiger partial charge in [-0.1, -0.05) is 5.16 Å². The Balaban J connectivity index is 2.32. The van der Waals surface area contributed by atoms with E-state index in [1.807, 2.05) is 11.9 Å². The number of methoxy groups -OCH3 is 1. The van der Waals surface area contributed by atoms with Crippen LogP contribution in [0.5, 0.6) is 0 Å². The van der Waals surface area contributed by atoms with E-state index in [0.717, 1.165) is 13.0 Å². The number of hydrogen-bond acceptors (Lipinski definition) is 6. The molecule has 1 unspecified atom stereocenters. The minimum atomic E-state index is -0.280. The third kappa shape index (κ3) is 5.76. The van der Waals surface area contributed by atoms with E-state index in [9.17, 15) is 5.11 Å². The highest BCUT2D eigenvalue weighted by Gasteiger charge is 2.09. The van der Waals surface area contributed by atoms with E-state index in [1.165, 1.54) is 0 Å². The molecule has 0 spiro atoms. The van der Waals surface area contributed by atoms with E-state index in [4.69, 9.17) is 9.26 Å². The number of aliphatic hydroxyl groups excluding tert-OH is 1. The zero-order valence-electron chi connectivity index (χ0n) is 10.7. The molecule has 1 aromatic heterocycles. The van der Waals surface area contributed by atoms with Crippen molar-refractivity contribution in [3.05, 3.63) is 11.7 Å². The average Bonchev–Trinajstić information content (AvgIpc) is 2.71. The number of aromatic nitrogens is 2. The van der Waals surface area contributed by atoms with E-state index in [1.54, 1.807) is 14.0 Å². The van der Waals surface area contributed by atoms with Crippen LogP contribution in [0.15, 0.2) is 4.52 Å². The Bertz CT molecular complexity index is 315. The molecular formula is C11H21N3O3. The van der Waals surface area contributed by atoms with Gasteiger partial charge in [-0.2, -0.15) is 4.98 Å². The Morgan fingerprint density at radius 3 is 2.94 bits per heavy atom. The molecule has 0 amide bonds. The van der Waals surface area contributed by atoms with Crippen molar-refractivity contribution in [2.45, 2.75) is 32.4 Å². The summed E-state index contributed by atoms with van der Waals surface area (Å²) in [5, 5.41) is 13.0. The fourth-order valence-corrected chi connectivity index (χ4v) is 1.37. The number of rotatable bonds is 8. The maximum Gasteiger partial charge on any atom is 0.240 e. The molecule has 17 heavy (non-hydrogen) atoms. The zero-order valence-corrected chi connectivity index (χ0v) is 10.7. The third-order valence-electron chi connectivity index (χ3n) is 2.37. The van der Waals surface area contributed by atoms with Crippen LogP contribution in [0.1, 0.15) is 25.1 Å². The third-order valence-corrected chi connectivity index (χ3v) is 2.37. The van der Waals surface area contributed by atoms with Crippen molar-refractivity contribution >= 4 is 0 Å². The predicted molar refractivity (Wildman–Crippen MR) is 62.5 cm³/mol. The molecule has 0 bridgehead atoms. The van der Waals surface area contributed by atoms with Crippen LogP contribution >= 0.6 is 0 Å². The summed E-state index contributed by atoms with van der Waals surface area (Å²) in [6, 6.07) is 0. The van der Waals surface area contributed by atoms with Crippen LogP contribution in [0.2, 0.25) is 0 Å². The first kappa shape index (κ1) is 14.1. The zero-order chi connectivity index (χ0) is 12.7. The lowest BCUT2D eigenvalue weighted by Crippen LogP contribution is -2.22. The molecule has 0 aromatic carbocycles. The molecular weight excluding hydrogens is 222 g/mol. The second-order valence-electron chi connectivity index (χ2n) is 4.22. The Kier molecular flexibility index (Phi) is 6.10. The van der Waals surface area contributed by atoms with Gasteiger partial charge in [0.25, 0.3) is 0 Å². The van der Waals surface area contributed by atoms with Crippen molar-refractivity contribution in [1.82, 2.24) is 15.0 Å². The first-order valence-corrected chi connectivity index (χ1v) is 5.79. The largest absolute Gasteiger partial charge is 0.393 e. The molecule has 1 rings (SSSR count). The van der Waals surface area contributed by atoms with E-state index < -0.39 is 0 Å². The summed E-state index contributed by atoms with van der Waals surface area (Å²) in [6.07, 6.45) is 1.12. The average molecular weight is 243 g/mol. The summed E-state index contributed by atoms with van der Waals surface area (Å²) in [5.41, 5.74) is 0. The monoisotopic (exact) mass is 243 g/mol. The molecule has 0 aliphatic heterocycles. The molecule has 0 radical (unpaired) electrons. The highest BCUT2D eigenvalue weighted by Crippen LogP contribution is 2.03. The van der Waals surface area contributed by atoms with Gasteiger partial charge in [-0.3, -0.25) is 4.90 Å². The lowest BCUT2D eigenvalue weighted by molar-refractivity contribution is 0.158. The SMILES string of the molecule is COCCc1noc(CN(C)CCC(C)O)n1. The standard InChI is InChI=1S/C11H21N3O3/c1-9(15)4-6-14(2)8-11-12-10(13-17-11)5-7-16-3/h9,15H,4-8H2,1-3H3. The van der Waals surface area contributed by atoms with Crippen LogP contribution in [0.3, 0.4) is 0 Å². The smallest absolute Gasteiger partial charge is 0.240 e. The van der Waals surface area contributed by atoms with Gasteiger partial charge in [0.2, 0.25) is 5.89 Å². The van der Waals surface area contributed by atoms with Crippen LogP contribution in [-0.2, 0) is 17.7 Å². The molecule has 0 aliphatic carbocycles. The van der Waals surface area contributed by atoms with Crippen molar-refractivity contribution in [3.8, 4) is 0 Å². The Morgan fingerprint density at radius 1 is 1.53 bits per heavy atom. The fraction of sp³-hybridized carbons (Fsp3) is 0.818. The summed E-state index contributed by atoms with van der Waals surface area (Å²) in [6.45, 7) is 3.78. The Labute approximate surface area is 102 Å². The van der Waals surface area contributed by atoms with Crippen molar-refractivity contribution in [2.75, 3.05) is 27.3 Å². The van der Waals surface area contributed by atoms with E-state index >= 15 is 0 Å². The number of hydrogen-bond donors (Lipinski definition) is 1. The number of ether oxygens (including phenoxy) is 1. The van der Waals surface area contributed by atoms with Gasteiger partial charge in [-0.05, 0) is 20.4 Å². The van der Waals surface area contributed by atoms with Gasteiger partial charge in [0, 0.05) is 20.1 Å². The minimum absolute atomic E-state index is 0.280. The lowest BCUT2D eigenvalue weighted by atomic mass is 10.3. The van der Waals surface area contributed by atoms with Gasteiger partial charge in [0.05, 0.1) is 19.3 Å². The Morgan fingerprint density at radius 2 is 2.29 bits per heavy atom. The van der Waals surface area contributed by atoms with E-state index in [2.05, 4.69) is 10.1 Å². The molecule has 1 heterocycles. The molecule has 0 saturated carbocycles. The summed E-state index contributed by atoms with van der Waals surface area (Å²) in [4.78, 5) is 6.29. The van der Waals surface area contributed by atoms with Gasteiger partial charge in [-0.25, -0.2) is 0 Å². The van der Waals surface area contributed by atoms with Crippen LogP contribution in [-0.4, -0.2) is 53.6 Å². The van der Waals surface area contributed by atoms with E-state index in [0.29, 0.717) is 31.3 Å². The molecule has 98 valence electrons. The van der Waals surface area contributed by atoms with Crippen LogP contribution < -0.4 is 0 Å². The molecule has 1 N–H and O–H groups in total. The van der Waals surface area contributed by atoms with Crippen LogP contribution in [0, 0.1) is 0 Å². The van der Waals surface area contributed by atoms with Crippen LogP contribution in [0.4, 0.5) is 0 Å². The van der Waals surface area contributed by atoms with Crippen molar-refractivity contribution in [3.63, 3.8) is 0 Å². The van der Waals surface area contributed by atoms with Gasteiger partial charge in [0.15, 0.2) is 5.82 Å². The number of aliphatic hydroxyl groups is 1. The first-order valence-electron chi connectivity index (χ1n) is 5.79. The molecule has 0 aliphatic rings. The van der Waals surface area contributed by atoms with Crippen molar-refractivity contribution in [1.29, 1.82) is 0 Å². The number of nitrogens with zero attached hydrogens (tertiary/aromatic N) is 3. The van der Waals surface area contributed by atoms with Crippen molar-refractivity contribution in [2.24, 2.45) is 0 Å². The molecule has 1 aromatic rings. The topological polar surface area (TPSA) is 71.6 Å². The summed E-state index contributed by atoms with van der Waals surface area (Å²) in [7, 11) is 3.60. The van der Waals surface area contributed by atoms with Crippen LogP contribution in [0.25, 0.3) is 0 Å². The van der Waals surface area contributed by atoms with E-state index in [-0.39, 0.29) is 6.10 Å². The van der Waals surface area contributed by atoms with Crippen molar-refractivity contribution < 1.29 is 14.4 Å². The highest BCUT2D eigenvalue weighted by atomic mass is 16.5. The van der Waals surface area contributed by atoms with Gasteiger partial charge in [0.1, 0.15) is 0 Å². The fourth-order valence-electron chi connectivity index (χ4n) is 1.37. The molecule has 6 nitrogen and oxygen atoms in total. The molecule has 0 saturated heterocycles. The first-order chi connectivity index (χ1) is 8.11. The maximum atomic E-state index is 9.18. The van der Waals surface area contributed by atoms with Gasteiger partial charge >= 0.3 is 0 Å². The predicted octanol–water partition coefficient (Wildman–Crippen LogP) is 0.461. The quantitative estimate of drug-likeness (QED) is 0.715.